The Morgan fingerprint density at radius 1 is 1.28 bits per heavy atom. The summed E-state index contributed by atoms with van der Waals surface area (Å²) in [6.07, 6.45) is 7.64. The van der Waals surface area contributed by atoms with E-state index in [9.17, 15) is 5.11 Å². The number of aliphatic hydroxyl groups is 1. The highest BCUT2D eigenvalue weighted by atomic mass is 32.1. The molecule has 0 bridgehead atoms. The molecule has 0 unspecified atom stereocenters. The summed E-state index contributed by atoms with van der Waals surface area (Å²) in [6.45, 7) is 2.39. The Hall–Kier alpha value is -0.380. The van der Waals surface area contributed by atoms with Crippen LogP contribution in [0.25, 0.3) is 0 Å². The minimum absolute atomic E-state index is 0.155. The van der Waals surface area contributed by atoms with Gasteiger partial charge in [0.15, 0.2) is 0 Å². The Bertz CT molecular complexity index is 328. The second kappa shape index (κ2) is 6.69. The van der Waals surface area contributed by atoms with E-state index in [1.54, 1.807) is 0 Å². The molecule has 3 heteroatoms. The lowest BCUT2D eigenvalue weighted by atomic mass is 9.80. The molecule has 1 aromatic heterocycles. The Labute approximate surface area is 115 Å². The van der Waals surface area contributed by atoms with Gasteiger partial charge in [-0.1, -0.05) is 31.7 Å². The molecule has 1 aliphatic carbocycles. The van der Waals surface area contributed by atoms with Gasteiger partial charge in [-0.25, -0.2) is 0 Å². The van der Waals surface area contributed by atoms with Crippen molar-refractivity contribution >= 4 is 11.3 Å². The van der Waals surface area contributed by atoms with Gasteiger partial charge in [0.1, 0.15) is 0 Å². The number of hydrogen-bond donors (Lipinski definition) is 1. The van der Waals surface area contributed by atoms with Crippen LogP contribution in [0.5, 0.6) is 0 Å². The minimum Gasteiger partial charge on any atom is -0.396 e. The first-order valence-electron chi connectivity index (χ1n) is 7.06. The number of thiophene rings is 1. The molecule has 0 radical (unpaired) electrons. The lowest BCUT2D eigenvalue weighted by molar-refractivity contribution is 0.0666. The van der Waals surface area contributed by atoms with Gasteiger partial charge in [-0.05, 0) is 31.3 Å². The fourth-order valence-electron chi connectivity index (χ4n) is 3.14. The van der Waals surface area contributed by atoms with E-state index < -0.39 is 0 Å². The van der Waals surface area contributed by atoms with Crippen molar-refractivity contribution in [3.63, 3.8) is 0 Å². The quantitative estimate of drug-likeness (QED) is 0.825. The van der Waals surface area contributed by atoms with Gasteiger partial charge in [0, 0.05) is 30.0 Å². The van der Waals surface area contributed by atoms with E-state index in [2.05, 4.69) is 29.5 Å². The molecule has 1 saturated carbocycles. The summed E-state index contributed by atoms with van der Waals surface area (Å²) in [5.41, 5.74) is 0.155. The topological polar surface area (TPSA) is 23.5 Å². The van der Waals surface area contributed by atoms with Crippen LogP contribution >= 0.6 is 11.3 Å². The molecule has 0 spiro atoms. The van der Waals surface area contributed by atoms with Gasteiger partial charge < -0.3 is 10.0 Å². The van der Waals surface area contributed by atoms with Crippen molar-refractivity contribution < 1.29 is 5.11 Å². The molecule has 0 aliphatic heterocycles. The molecule has 1 heterocycles. The summed E-state index contributed by atoms with van der Waals surface area (Å²) in [6, 6.07) is 4.31. The highest BCUT2D eigenvalue weighted by Gasteiger charge is 2.31. The van der Waals surface area contributed by atoms with Crippen LogP contribution in [0.4, 0.5) is 0 Å². The maximum atomic E-state index is 9.82. The number of hydrogen-bond acceptors (Lipinski definition) is 3. The predicted molar refractivity (Wildman–Crippen MR) is 77.9 cm³/mol. The predicted octanol–water partition coefficient (Wildman–Crippen LogP) is 3.51. The highest BCUT2D eigenvalue weighted by Crippen LogP contribution is 2.35. The van der Waals surface area contributed by atoms with E-state index in [4.69, 9.17) is 0 Å². The minimum atomic E-state index is 0.155. The summed E-state index contributed by atoms with van der Waals surface area (Å²) >= 11 is 1.82. The van der Waals surface area contributed by atoms with Gasteiger partial charge in [0.05, 0.1) is 0 Å². The van der Waals surface area contributed by atoms with E-state index in [-0.39, 0.29) is 5.41 Å². The normalized spacial score (nSPS) is 19.9. The highest BCUT2D eigenvalue weighted by molar-refractivity contribution is 7.09. The zero-order valence-electron chi connectivity index (χ0n) is 11.4. The molecule has 102 valence electrons. The van der Waals surface area contributed by atoms with Crippen LogP contribution in [0.3, 0.4) is 0 Å². The van der Waals surface area contributed by atoms with Gasteiger partial charge in [0.2, 0.25) is 0 Å². The van der Waals surface area contributed by atoms with Gasteiger partial charge in [0.25, 0.3) is 0 Å². The van der Waals surface area contributed by atoms with E-state index >= 15 is 0 Å². The molecule has 1 aliphatic rings. The molecule has 0 atom stereocenters. The van der Waals surface area contributed by atoms with E-state index in [0.717, 1.165) is 13.1 Å². The van der Waals surface area contributed by atoms with Crippen LogP contribution < -0.4 is 0 Å². The molecule has 2 nitrogen and oxygen atoms in total. The molecule has 2 rings (SSSR count). The molecule has 18 heavy (non-hydrogen) atoms. The first kappa shape index (κ1) is 14.0. The Morgan fingerprint density at radius 3 is 2.56 bits per heavy atom. The molecular weight excluding hydrogens is 242 g/mol. The summed E-state index contributed by atoms with van der Waals surface area (Å²) in [7, 11) is 2.18. The summed E-state index contributed by atoms with van der Waals surface area (Å²) in [5, 5.41) is 12.0. The smallest absolute Gasteiger partial charge is 0.0499 e. The lowest BCUT2D eigenvalue weighted by Gasteiger charge is -2.34. The molecule has 0 saturated heterocycles. The lowest BCUT2D eigenvalue weighted by Crippen LogP contribution is -2.37. The fourth-order valence-corrected chi connectivity index (χ4v) is 3.93. The summed E-state index contributed by atoms with van der Waals surface area (Å²) < 4.78 is 0. The van der Waals surface area contributed by atoms with E-state index in [0.29, 0.717) is 6.61 Å². The summed E-state index contributed by atoms with van der Waals surface area (Å²) in [5.74, 6) is 0. The van der Waals surface area contributed by atoms with Crippen LogP contribution in [0, 0.1) is 5.41 Å². The Balaban J connectivity index is 1.91. The maximum Gasteiger partial charge on any atom is 0.0499 e. The second-order valence-electron chi connectivity index (χ2n) is 5.82. The fraction of sp³-hybridized carbons (Fsp3) is 0.733. The third-order valence-corrected chi connectivity index (χ3v) is 4.97. The third-order valence-electron chi connectivity index (χ3n) is 4.11. The van der Waals surface area contributed by atoms with Crippen molar-refractivity contribution in [1.82, 2.24) is 4.90 Å². The van der Waals surface area contributed by atoms with Crippen molar-refractivity contribution in [2.75, 3.05) is 20.2 Å². The first-order chi connectivity index (χ1) is 8.74. The largest absolute Gasteiger partial charge is 0.396 e. The van der Waals surface area contributed by atoms with Crippen LogP contribution in [0.2, 0.25) is 0 Å². The van der Waals surface area contributed by atoms with Gasteiger partial charge in [-0.15, -0.1) is 11.3 Å². The Kier molecular flexibility index (Phi) is 5.22. The van der Waals surface area contributed by atoms with Crippen molar-refractivity contribution in [1.29, 1.82) is 0 Å². The van der Waals surface area contributed by atoms with Gasteiger partial charge in [-0.2, -0.15) is 0 Å². The SMILES string of the molecule is CN(Cc1cccs1)CC1(CO)CCCCCC1. The number of rotatable bonds is 5. The van der Waals surface area contributed by atoms with Gasteiger partial charge in [-0.3, -0.25) is 0 Å². The van der Waals surface area contributed by atoms with Crippen LogP contribution in [-0.2, 0) is 6.54 Å². The molecule has 1 fully saturated rings. The van der Waals surface area contributed by atoms with Crippen LogP contribution in [0.15, 0.2) is 17.5 Å². The van der Waals surface area contributed by atoms with Crippen molar-refractivity contribution in [2.45, 2.75) is 45.1 Å². The average molecular weight is 267 g/mol. The maximum absolute atomic E-state index is 9.82. The average Bonchev–Trinajstić information content (AvgIpc) is 2.74. The van der Waals surface area contributed by atoms with Crippen molar-refractivity contribution in [3.05, 3.63) is 22.4 Å². The first-order valence-corrected chi connectivity index (χ1v) is 7.94. The Morgan fingerprint density at radius 2 is 2.00 bits per heavy atom. The zero-order chi connectivity index (χ0) is 12.8. The number of nitrogens with zero attached hydrogens (tertiary/aromatic N) is 1. The molecule has 1 N–H and O–H groups in total. The second-order valence-corrected chi connectivity index (χ2v) is 6.86. The zero-order valence-corrected chi connectivity index (χ0v) is 12.2. The van der Waals surface area contributed by atoms with Crippen molar-refractivity contribution in [2.24, 2.45) is 5.41 Å². The molecule has 0 amide bonds. The van der Waals surface area contributed by atoms with Crippen molar-refractivity contribution in [3.8, 4) is 0 Å². The number of aliphatic hydroxyl groups excluding tert-OH is 1. The molecular formula is C15H25NOS. The summed E-state index contributed by atoms with van der Waals surface area (Å²) in [4.78, 5) is 3.80. The van der Waals surface area contributed by atoms with E-state index in [1.165, 1.54) is 43.4 Å². The van der Waals surface area contributed by atoms with Crippen LogP contribution in [-0.4, -0.2) is 30.2 Å². The monoisotopic (exact) mass is 267 g/mol. The van der Waals surface area contributed by atoms with Crippen LogP contribution in [0.1, 0.15) is 43.4 Å². The standard InChI is InChI=1S/C15H25NOS/c1-16(11-14-7-6-10-18-14)12-15(13-17)8-4-2-3-5-9-15/h6-7,10,17H,2-5,8-9,11-13H2,1H3. The third kappa shape index (κ3) is 3.81. The molecule has 0 aromatic carbocycles. The molecule has 1 aromatic rings. The van der Waals surface area contributed by atoms with Gasteiger partial charge >= 0.3 is 0 Å². The van der Waals surface area contributed by atoms with E-state index in [1.807, 2.05) is 11.3 Å².